The maximum absolute atomic E-state index is 13.4. The number of benzene rings is 1. The van der Waals surface area contributed by atoms with Crippen molar-refractivity contribution in [1.29, 1.82) is 0 Å². The predicted molar refractivity (Wildman–Crippen MR) is 50.9 cm³/mol. The topological polar surface area (TPSA) is 29.3 Å². The lowest BCUT2D eigenvalue weighted by Crippen LogP contribution is -2.27. The van der Waals surface area contributed by atoms with Gasteiger partial charge in [-0.05, 0) is 36.7 Å². The van der Waals surface area contributed by atoms with Crippen molar-refractivity contribution in [3.05, 3.63) is 29.1 Å². The van der Waals surface area contributed by atoms with Gasteiger partial charge in [-0.3, -0.25) is 0 Å². The highest BCUT2D eigenvalue weighted by atomic mass is 19.1. The number of hydrogen-bond acceptors (Lipinski definition) is 2. The average molecular weight is 180 g/mol. The molecule has 0 atom stereocenters. The van der Waals surface area contributed by atoms with E-state index < -0.39 is 0 Å². The second-order valence-electron chi connectivity index (χ2n) is 3.63. The van der Waals surface area contributed by atoms with Crippen molar-refractivity contribution in [2.24, 2.45) is 0 Å². The lowest BCUT2D eigenvalue weighted by Gasteiger charge is -2.25. The van der Waals surface area contributed by atoms with Crippen LogP contribution in [0.25, 0.3) is 0 Å². The van der Waals surface area contributed by atoms with Gasteiger partial charge >= 0.3 is 0 Å². The fourth-order valence-corrected chi connectivity index (χ4v) is 1.81. The Morgan fingerprint density at radius 3 is 3.00 bits per heavy atom. The summed E-state index contributed by atoms with van der Waals surface area (Å²) in [7, 11) is 2.03. The van der Waals surface area contributed by atoms with Gasteiger partial charge in [0.2, 0.25) is 0 Å². The van der Waals surface area contributed by atoms with Crippen LogP contribution >= 0.6 is 0 Å². The minimum absolute atomic E-state index is 0.150. The summed E-state index contributed by atoms with van der Waals surface area (Å²) in [5.41, 5.74) is 7.96. The number of anilines is 1. The van der Waals surface area contributed by atoms with Crippen LogP contribution in [-0.2, 0) is 13.0 Å². The van der Waals surface area contributed by atoms with Gasteiger partial charge < -0.3 is 10.6 Å². The van der Waals surface area contributed by atoms with Crippen LogP contribution in [0.15, 0.2) is 12.1 Å². The van der Waals surface area contributed by atoms with Crippen LogP contribution in [-0.4, -0.2) is 18.5 Å². The molecule has 1 aliphatic rings. The van der Waals surface area contributed by atoms with Crippen LogP contribution < -0.4 is 5.73 Å². The monoisotopic (exact) mass is 180 g/mol. The third-order valence-corrected chi connectivity index (χ3v) is 2.49. The van der Waals surface area contributed by atoms with Gasteiger partial charge in [-0.25, -0.2) is 4.39 Å². The molecule has 1 aliphatic heterocycles. The molecule has 0 saturated heterocycles. The molecule has 1 heterocycles. The first-order valence-corrected chi connectivity index (χ1v) is 4.42. The summed E-state index contributed by atoms with van der Waals surface area (Å²) in [5, 5.41) is 0. The fourth-order valence-electron chi connectivity index (χ4n) is 1.81. The Kier molecular flexibility index (Phi) is 1.96. The summed E-state index contributed by atoms with van der Waals surface area (Å²) >= 11 is 0. The van der Waals surface area contributed by atoms with Crippen LogP contribution in [0, 0.1) is 5.82 Å². The SMILES string of the molecule is CN1CCc2c(F)cc(N)cc2C1. The number of fused-ring (bicyclic) bond motifs is 1. The molecular weight excluding hydrogens is 167 g/mol. The fraction of sp³-hybridized carbons (Fsp3) is 0.400. The maximum atomic E-state index is 13.4. The molecule has 2 nitrogen and oxygen atoms in total. The first kappa shape index (κ1) is 8.51. The summed E-state index contributed by atoms with van der Waals surface area (Å²) < 4.78 is 13.4. The Morgan fingerprint density at radius 1 is 1.46 bits per heavy atom. The standard InChI is InChI=1S/C10H13FN2/c1-13-3-2-9-7(6-13)4-8(12)5-10(9)11/h4-5H,2-3,6,12H2,1H3. The van der Waals surface area contributed by atoms with Crippen LogP contribution in [0.3, 0.4) is 0 Å². The largest absolute Gasteiger partial charge is 0.399 e. The van der Waals surface area contributed by atoms with E-state index in [9.17, 15) is 4.39 Å². The van der Waals surface area contributed by atoms with E-state index in [1.54, 1.807) is 0 Å². The lowest BCUT2D eigenvalue weighted by molar-refractivity contribution is 0.309. The predicted octanol–water partition coefficient (Wildman–Crippen LogP) is 1.40. The van der Waals surface area contributed by atoms with E-state index in [4.69, 9.17) is 5.73 Å². The Morgan fingerprint density at radius 2 is 2.23 bits per heavy atom. The van der Waals surface area contributed by atoms with Gasteiger partial charge in [0.05, 0.1) is 0 Å². The first-order valence-electron chi connectivity index (χ1n) is 4.42. The maximum Gasteiger partial charge on any atom is 0.128 e. The Hall–Kier alpha value is -1.09. The third-order valence-electron chi connectivity index (χ3n) is 2.49. The number of likely N-dealkylation sites (N-methyl/N-ethyl adjacent to an activating group) is 1. The lowest BCUT2D eigenvalue weighted by atomic mass is 9.99. The summed E-state index contributed by atoms with van der Waals surface area (Å²) in [6.07, 6.45) is 0.790. The molecule has 0 aliphatic carbocycles. The number of hydrogen-bond donors (Lipinski definition) is 1. The normalized spacial score (nSPS) is 17.1. The molecular formula is C10H13FN2. The van der Waals surface area contributed by atoms with Gasteiger partial charge in [-0.15, -0.1) is 0 Å². The minimum atomic E-state index is -0.150. The highest BCUT2D eigenvalue weighted by Crippen LogP contribution is 2.23. The molecule has 0 saturated carbocycles. The summed E-state index contributed by atoms with van der Waals surface area (Å²) in [4.78, 5) is 2.17. The van der Waals surface area contributed by atoms with Gasteiger partial charge in [-0.1, -0.05) is 0 Å². The Labute approximate surface area is 77.2 Å². The summed E-state index contributed by atoms with van der Waals surface area (Å²) in [6.45, 7) is 1.73. The zero-order valence-corrected chi connectivity index (χ0v) is 7.68. The average Bonchev–Trinajstić information content (AvgIpc) is 2.02. The minimum Gasteiger partial charge on any atom is -0.399 e. The first-order chi connectivity index (χ1) is 6.16. The van der Waals surface area contributed by atoms with Crippen LogP contribution in [0.1, 0.15) is 11.1 Å². The van der Waals surface area contributed by atoms with E-state index in [1.165, 1.54) is 6.07 Å². The van der Waals surface area contributed by atoms with E-state index in [0.29, 0.717) is 5.69 Å². The molecule has 0 spiro atoms. The Bertz CT molecular complexity index is 336. The second-order valence-corrected chi connectivity index (χ2v) is 3.63. The third kappa shape index (κ3) is 1.52. The van der Waals surface area contributed by atoms with Crippen LogP contribution in [0.4, 0.5) is 10.1 Å². The molecule has 0 unspecified atom stereocenters. The highest BCUT2D eigenvalue weighted by molar-refractivity contribution is 5.46. The van der Waals surface area contributed by atoms with Crippen LogP contribution in [0.5, 0.6) is 0 Å². The van der Waals surface area contributed by atoms with Gasteiger partial charge in [0.15, 0.2) is 0 Å². The molecule has 0 amide bonds. The highest BCUT2D eigenvalue weighted by Gasteiger charge is 2.16. The van der Waals surface area contributed by atoms with Gasteiger partial charge in [0.25, 0.3) is 0 Å². The van der Waals surface area contributed by atoms with E-state index in [-0.39, 0.29) is 5.82 Å². The molecule has 70 valence electrons. The quantitative estimate of drug-likeness (QED) is 0.611. The summed E-state index contributed by atoms with van der Waals surface area (Å²) in [6, 6.07) is 3.28. The number of nitrogen functional groups attached to an aromatic ring is 1. The van der Waals surface area contributed by atoms with Crippen molar-refractivity contribution < 1.29 is 4.39 Å². The number of nitrogens with zero attached hydrogens (tertiary/aromatic N) is 1. The van der Waals surface area contributed by atoms with E-state index in [2.05, 4.69) is 4.90 Å². The van der Waals surface area contributed by atoms with Crippen LogP contribution in [0.2, 0.25) is 0 Å². The zero-order chi connectivity index (χ0) is 9.42. The molecule has 1 aromatic rings. The number of halogens is 1. The number of rotatable bonds is 0. The molecule has 0 aromatic heterocycles. The van der Waals surface area contributed by atoms with Gasteiger partial charge in [0, 0.05) is 18.8 Å². The molecule has 0 fully saturated rings. The molecule has 3 heteroatoms. The molecule has 0 radical (unpaired) electrons. The van der Waals surface area contributed by atoms with Crippen molar-refractivity contribution in [3.63, 3.8) is 0 Å². The van der Waals surface area contributed by atoms with Crippen molar-refractivity contribution in [1.82, 2.24) is 4.90 Å². The number of nitrogens with two attached hydrogens (primary N) is 1. The van der Waals surface area contributed by atoms with Gasteiger partial charge in [0.1, 0.15) is 5.82 Å². The van der Waals surface area contributed by atoms with Gasteiger partial charge in [-0.2, -0.15) is 0 Å². The Balaban J connectivity index is 2.47. The second kappa shape index (κ2) is 3.00. The zero-order valence-electron chi connectivity index (χ0n) is 7.68. The van der Waals surface area contributed by atoms with E-state index >= 15 is 0 Å². The molecule has 2 rings (SSSR count). The molecule has 1 aromatic carbocycles. The van der Waals surface area contributed by atoms with E-state index in [0.717, 1.165) is 30.6 Å². The molecule has 13 heavy (non-hydrogen) atoms. The van der Waals surface area contributed by atoms with Crippen molar-refractivity contribution in [3.8, 4) is 0 Å². The van der Waals surface area contributed by atoms with E-state index in [1.807, 2.05) is 13.1 Å². The van der Waals surface area contributed by atoms with Crippen molar-refractivity contribution in [2.75, 3.05) is 19.3 Å². The molecule has 0 bridgehead atoms. The smallest absolute Gasteiger partial charge is 0.128 e. The van der Waals surface area contributed by atoms with Crippen molar-refractivity contribution in [2.45, 2.75) is 13.0 Å². The van der Waals surface area contributed by atoms with Crippen molar-refractivity contribution >= 4 is 5.69 Å². The molecule has 2 N–H and O–H groups in total. The summed E-state index contributed by atoms with van der Waals surface area (Å²) in [5.74, 6) is -0.150.